The summed E-state index contributed by atoms with van der Waals surface area (Å²) >= 11 is 0. The van der Waals surface area contributed by atoms with Crippen molar-refractivity contribution in [2.24, 2.45) is 5.16 Å². The number of anilines is 1. The molecule has 0 aromatic carbocycles. The van der Waals surface area contributed by atoms with E-state index in [1.165, 1.54) is 6.33 Å². The van der Waals surface area contributed by atoms with Crippen molar-refractivity contribution in [1.82, 2.24) is 9.97 Å². The quantitative estimate of drug-likeness (QED) is 0.464. The van der Waals surface area contributed by atoms with Gasteiger partial charge in [-0.3, -0.25) is 0 Å². The van der Waals surface area contributed by atoms with E-state index in [0.717, 1.165) is 11.3 Å². The van der Waals surface area contributed by atoms with Crippen LogP contribution in [0.3, 0.4) is 0 Å². The predicted molar refractivity (Wildman–Crippen MR) is 60.1 cm³/mol. The number of oxime groups is 1. The van der Waals surface area contributed by atoms with Crippen molar-refractivity contribution < 1.29 is 4.84 Å². The summed E-state index contributed by atoms with van der Waals surface area (Å²) in [5, 5.41) is 3.65. The molecule has 2 N–H and O–H groups in total. The summed E-state index contributed by atoms with van der Waals surface area (Å²) in [5.74, 6) is 1.12. The van der Waals surface area contributed by atoms with Crippen molar-refractivity contribution in [3.63, 3.8) is 0 Å². The second kappa shape index (κ2) is 5.09. The normalized spacial score (nSPS) is 12.1. The zero-order chi connectivity index (χ0) is 11.3. The molecule has 80 valence electrons. The van der Waals surface area contributed by atoms with Crippen molar-refractivity contribution in [1.29, 1.82) is 0 Å². The van der Waals surface area contributed by atoms with Crippen LogP contribution in [0.25, 0.3) is 6.08 Å². The standard InChI is InChI=1S/C10H14N4O/c1-4-14-15-7(2)5-9-8(3)10(11)13-6-12-9/h4-6H,1-3H3,(H2,11,12,13)/b7-5+,14-4+. The molecule has 0 saturated carbocycles. The molecule has 0 fully saturated rings. The third kappa shape index (κ3) is 3.05. The van der Waals surface area contributed by atoms with Crippen molar-refractivity contribution in [2.75, 3.05) is 5.73 Å². The van der Waals surface area contributed by atoms with Gasteiger partial charge in [-0.15, -0.1) is 0 Å². The second-order valence-corrected chi connectivity index (χ2v) is 2.98. The Morgan fingerprint density at radius 3 is 2.93 bits per heavy atom. The van der Waals surface area contributed by atoms with Crippen LogP contribution in [-0.4, -0.2) is 16.2 Å². The largest absolute Gasteiger partial charge is 0.383 e. The molecule has 1 aromatic heterocycles. The fourth-order valence-electron chi connectivity index (χ4n) is 0.978. The van der Waals surface area contributed by atoms with Gasteiger partial charge in [-0.25, -0.2) is 9.97 Å². The Hall–Kier alpha value is -1.91. The Morgan fingerprint density at radius 1 is 1.53 bits per heavy atom. The highest BCUT2D eigenvalue weighted by molar-refractivity contribution is 5.56. The average molecular weight is 206 g/mol. The van der Waals surface area contributed by atoms with Crippen molar-refractivity contribution in [3.8, 4) is 0 Å². The maximum Gasteiger partial charge on any atom is 0.134 e. The Morgan fingerprint density at radius 2 is 2.27 bits per heavy atom. The monoisotopic (exact) mass is 206 g/mol. The summed E-state index contributed by atoms with van der Waals surface area (Å²) in [5.41, 5.74) is 7.22. The average Bonchev–Trinajstić information content (AvgIpc) is 2.22. The molecule has 1 aromatic rings. The molecule has 1 rings (SSSR count). The lowest BCUT2D eigenvalue weighted by atomic mass is 10.2. The Labute approximate surface area is 88.7 Å². The summed E-state index contributed by atoms with van der Waals surface area (Å²) in [6.45, 7) is 5.43. The lowest BCUT2D eigenvalue weighted by Crippen LogP contribution is -1.98. The topological polar surface area (TPSA) is 73.4 Å². The summed E-state index contributed by atoms with van der Waals surface area (Å²) in [6.07, 6.45) is 4.75. The SMILES string of the molecule is C/C=N/O/C(C)=C/c1ncnc(N)c1C. The Bertz CT molecular complexity index is 398. The number of aromatic nitrogens is 2. The number of hydrogen-bond acceptors (Lipinski definition) is 5. The molecular weight excluding hydrogens is 192 g/mol. The molecule has 0 radical (unpaired) electrons. The highest BCUT2D eigenvalue weighted by Gasteiger charge is 2.02. The van der Waals surface area contributed by atoms with E-state index >= 15 is 0 Å². The van der Waals surface area contributed by atoms with E-state index in [4.69, 9.17) is 10.6 Å². The lowest BCUT2D eigenvalue weighted by Gasteiger charge is -2.02. The van der Waals surface area contributed by atoms with Crippen molar-refractivity contribution in [3.05, 3.63) is 23.3 Å². The number of allylic oxidation sites excluding steroid dienone is 1. The van der Waals surface area contributed by atoms with Crippen LogP contribution in [0.2, 0.25) is 0 Å². The van der Waals surface area contributed by atoms with E-state index in [1.807, 2.05) is 6.92 Å². The van der Waals surface area contributed by atoms with Crippen LogP contribution in [0, 0.1) is 6.92 Å². The molecule has 0 aliphatic rings. The Kier molecular flexibility index (Phi) is 3.79. The van der Waals surface area contributed by atoms with Gasteiger partial charge in [-0.1, -0.05) is 5.16 Å². The van der Waals surface area contributed by atoms with Gasteiger partial charge in [-0.2, -0.15) is 0 Å². The van der Waals surface area contributed by atoms with Crippen LogP contribution in [-0.2, 0) is 4.84 Å². The van der Waals surface area contributed by atoms with E-state index in [0.29, 0.717) is 11.6 Å². The van der Waals surface area contributed by atoms with E-state index in [-0.39, 0.29) is 0 Å². The number of rotatable bonds is 3. The highest BCUT2D eigenvalue weighted by Crippen LogP contribution is 2.13. The van der Waals surface area contributed by atoms with E-state index in [9.17, 15) is 0 Å². The molecule has 0 bridgehead atoms. The number of nitrogens with two attached hydrogens (primary N) is 1. The first-order chi connectivity index (χ1) is 7.15. The minimum Gasteiger partial charge on any atom is -0.383 e. The fraction of sp³-hybridized carbons (Fsp3) is 0.300. The van der Waals surface area contributed by atoms with Crippen LogP contribution in [0.5, 0.6) is 0 Å². The highest BCUT2D eigenvalue weighted by atomic mass is 16.6. The zero-order valence-electron chi connectivity index (χ0n) is 9.06. The third-order valence-corrected chi connectivity index (χ3v) is 1.80. The van der Waals surface area contributed by atoms with Crippen molar-refractivity contribution >= 4 is 18.1 Å². The summed E-state index contributed by atoms with van der Waals surface area (Å²) in [4.78, 5) is 13.0. The molecule has 0 unspecified atom stereocenters. The molecule has 15 heavy (non-hydrogen) atoms. The maximum absolute atomic E-state index is 5.65. The van der Waals surface area contributed by atoms with Gasteiger partial charge in [-0.05, 0) is 20.8 Å². The van der Waals surface area contributed by atoms with E-state index < -0.39 is 0 Å². The summed E-state index contributed by atoms with van der Waals surface area (Å²) in [6, 6.07) is 0. The van der Waals surface area contributed by atoms with Gasteiger partial charge in [0.15, 0.2) is 0 Å². The number of nitrogen functional groups attached to an aromatic ring is 1. The zero-order valence-corrected chi connectivity index (χ0v) is 9.06. The molecular formula is C10H14N4O. The molecule has 0 aliphatic carbocycles. The summed E-state index contributed by atoms with van der Waals surface area (Å²) < 4.78 is 0. The minimum atomic E-state index is 0.475. The van der Waals surface area contributed by atoms with Gasteiger partial charge in [0.1, 0.15) is 17.9 Å². The van der Waals surface area contributed by atoms with Gasteiger partial charge >= 0.3 is 0 Å². The van der Waals surface area contributed by atoms with Gasteiger partial charge in [0, 0.05) is 17.9 Å². The van der Waals surface area contributed by atoms with Gasteiger partial charge in [0.25, 0.3) is 0 Å². The molecule has 5 nitrogen and oxygen atoms in total. The number of hydrogen-bond donors (Lipinski definition) is 1. The van der Waals surface area contributed by atoms with Gasteiger partial charge in [0.05, 0.1) is 5.69 Å². The molecule has 0 spiro atoms. The first-order valence-electron chi connectivity index (χ1n) is 4.55. The molecule has 0 atom stereocenters. The van der Waals surface area contributed by atoms with Crippen LogP contribution in [0.1, 0.15) is 25.1 Å². The molecule has 1 heterocycles. The predicted octanol–water partition coefficient (Wildman–Crippen LogP) is 1.75. The van der Waals surface area contributed by atoms with Crippen LogP contribution in [0.4, 0.5) is 5.82 Å². The molecule has 0 aliphatic heterocycles. The number of nitrogens with zero attached hydrogens (tertiary/aromatic N) is 3. The maximum atomic E-state index is 5.65. The van der Waals surface area contributed by atoms with Gasteiger partial charge < -0.3 is 10.6 Å². The van der Waals surface area contributed by atoms with Crippen LogP contribution >= 0.6 is 0 Å². The summed E-state index contributed by atoms with van der Waals surface area (Å²) in [7, 11) is 0. The smallest absolute Gasteiger partial charge is 0.134 e. The lowest BCUT2D eigenvalue weighted by molar-refractivity contribution is 0.234. The first-order valence-corrected chi connectivity index (χ1v) is 4.55. The van der Waals surface area contributed by atoms with Crippen LogP contribution in [0.15, 0.2) is 17.2 Å². The minimum absolute atomic E-state index is 0.475. The third-order valence-electron chi connectivity index (χ3n) is 1.80. The molecule has 0 amide bonds. The first kappa shape index (κ1) is 11.2. The molecule has 0 saturated heterocycles. The fourth-order valence-corrected chi connectivity index (χ4v) is 0.978. The van der Waals surface area contributed by atoms with E-state index in [2.05, 4.69) is 15.1 Å². The van der Waals surface area contributed by atoms with Crippen molar-refractivity contribution in [2.45, 2.75) is 20.8 Å². The van der Waals surface area contributed by atoms with Gasteiger partial charge in [0.2, 0.25) is 0 Å². The Balaban J connectivity index is 2.92. The second-order valence-electron chi connectivity index (χ2n) is 2.98. The van der Waals surface area contributed by atoms with E-state index in [1.54, 1.807) is 26.1 Å². The van der Waals surface area contributed by atoms with Crippen LogP contribution < -0.4 is 5.73 Å². The molecule has 5 heteroatoms.